The number of fused-ring (bicyclic) bond motifs is 1. The summed E-state index contributed by atoms with van der Waals surface area (Å²) in [5.74, 6) is 0.831. The van der Waals surface area contributed by atoms with Gasteiger partial charge in [-0.15, -0.1) is 0 Å². The second kappa shape index (κ2) is 6.24. The number of aromatic amines is 1. The van der Waals surface area contributed by atoms with Gasteiger partial charge in [-0.3, -0.25) is 4.79 Å². The molecule has 2 N–H and O–H groups in total. The standard InChI is InChI=1S/C19H17N5O/c1-13-11-22-24-17(21-12-14-7-8-20-18(25)9-14)10-16(23-19(13)24)15-5-3-2-4-6-15/h2-11,21H,12H2,1H3,(H,20,25). The minimum absolute atomic E-state index is 0.112. The molecule has 0 unspecified atom stereocenters. The van der Waals surface area contributed by atoms with Crippen molar-refractivity contribution in [1.29, 1.82) is 0 Å². The number of aryl methyl sites for hydroxylation is 1. The van der Waals surface area contributed by atoms with E-state index in [0.29, 0.717) is 6.54 Å². The van der Waals surface area contributed by atoms with E-state index in [1.807, 2.05) is 49.4 Å². The van der Waals surface area contributed by atoms with Gasteiger partial charge in [0.1, 0.15) is 5.82 Å². The molecule has 0 atom stereocenters. The summed E-state index contributed by atoms with van der Waals surface area (Å²) in [5, 5.41) is 7.77. The number of hydrogen-bond donors (Lipinski definition) is 2. The molecule has 4 rings (SSSR count). The minimum atomic E-state index is -0.112. The molecule has 0 spiro atoms. The van der Waals surface area contributed by atoms with Crippen LogP contribution in [0.25, 0.3) is 16.9 Å². The van der Waals surface area contributed by atoms with Crippen molar-refractivity contribution >= 4 is 11.5 Å². The van der Waals surface area contributed by atoms with E-state index in [4.69, 9.17) is 4.98 Å². The first-order valence-corrected chi connectivity index (χ1v) is 8.03. The molecular weight excluding hydrogens is 314 g/mol. The third-order valence-corrected chi connectivity index (χ3v) is 4.03. The molecule has 0 radical (unpaired) electrons. The quantitative estimate of drug-likeness (QED) is 0.603. The minimum Gasteiger partial charge on any atom is -0.366 e. The molecule has 0 aliphatic heterocycles. The van der Waals surface area contributed by atoms with Gasteiger partial charge in [-0.25, -0.2) is 4.98 Å². The van der Waals surface area contributed by atoms with Crippen molar-refractivity contribution in [2.75, 3.05) is 5.32 Å². The highest BCUT2D eigenvalue weighted by atomic mass is 16.1. The van der Waals surface area contributed by atoms with Gasteiger partial charge in [0.15, 0.2) is 5.65 Å². The molecule has 0 aliphatic rings. The Labute approximate surface area is 144 Å². The van der Waals surface area contributed by atoms with Crippen molar-refractivity contribution in [1.82, 2.24) is 19.6 Å². The molecular formula is C19H17N5O. The first kappa shape index (κ1) is 15.1. The Kier molecular flexibility index (Phi) is 3.78. The zero-order chi connectivity index (χ0) is 17.2. The van der Waals surface area contributed by atoms with Gasteiger partial charge in [0, 0.05) is 36.0 Å². The summed E-state index contributed by atoms with van der Waals surface area (Å²) in [6.45, 7) is 2.51. The number of nitrogens with one attached hydrogen (secondary N) is 2. The van der Waals surface area contributed by atoms with Gasteiger partial charge in [0.25, 0.3) is 0 Å². The highest BCUT2D eigenvalue weighted by Crippen LogP contribution is 2.23. The molecule has 0 bridgehead atoms. The van der Waals surface area contributed by atoms with Gasteiger partial charge in [0.05, 0.1) is 11.9 Å². The second-order valence-corrected chi connectivity index (χ2v) is 5.87. The van der Waals surface area contributed by atoms with Gasteiger partial charge in [-0.1, -0.05) is 30.3 Å². The predicted molar refractivity (Wildman–Crippen MR) is 97.5 cm³/mol. The molecule has 4 aromatic rings. The van der Waals surface area contributed by atoms with Gasteiger partial charge in [-0.05, 0) is 18.6 Å². The maximum Gasteiger partial charge on any atom is 0.248 e. The summed E-state index contributed by atoms with van der Waals surface area (Å²) in [4.78, 5) is 18.8. The van der Waals surface area contributed by atoms with Crippen LogP contribution in [0.1, 0.15) is 11.1 Å². The smallest absolute Gasteiger partial charge is 0.248 e. The maximum absolute atomic E-state index is 11.4. The van der Waals surface area contributed by atoms with Crippen LogP contribution in [0.4, 0.5) is 5.82 Å². The van der Waals surface area contributed by atoms with E-state index in [1.165, 1.54) is 0 Å². The van der Waals surface area contributed by atoms with Crippen LogP contribution < -0.4 is 10.9 Å². The normalized spacial score (nSPS) is 10.9. The summed E-state index contributed by atoms with van der Waals surface area (Å²) in [5.41, 5.74) is 4.54. The van der Waals surface area contributed by atoms with E-state index >= 15 is 0 Å². The lowest BCUT2D eigenvalue weighted by molar-refractivity contribution is 0.925. The first-order chi connectivity index (χ1) is 12.2. The summed E-state index contributed by atoms with van der Waals surface area (Å²) in [6, 6.07) is 15.5. The van der Waals surface area contributed by atoms with Crippen LogP contribution in [0.5, 0.6) is 0 Å². The Morgan fingerprint density at radius 3 is 2.80 bits per heavy atom. The lowest BCUT2D eigenvalue weighted by Gasteiger charge is -2.11. The van der Waals surface area contributed by atoms with E-state index in [0.717, 1.165) is 33.8 Å². The number of hydrogen-bond acceptors (Lipinski definition) is 4. The van der Waals surface area contributed by atoms with E-state index in [-0.39, 0.29) is 5.56 Å². The molecule has 6 nitrogen and oxygen atoms in total. The van der Waals surface area contributed by atoms with Crippen LogP contribution in [-0.4, -0.2) is 19.6 Å². The topological polar surface area (TPSA) is 75.1 Å². The molecule has 0 amide bonds. The Bertz CT molecular complexity index is 1080. The highest BCUT2D eigenvalue weighted by Gasteiger charge is 2.10. The van der Waals surface area contributed by atoms with Crippen LogP contribution >= 0.6 is 0 Å². The Morgan fingerprint density at radius 1 is 1.16 bits per heavy atom. The molecule has 6 heteroatoms. The van der Waals surface area contributed by atoms with Crippen LogP contribution in [0.15, 0.2) is 65.7 Å². The SMILES string of the molecule is Cc1cnn2c(NCc3cc[nH]c(=O)c3)cc(-c3ccccc3)nc12. The Hall–Kier alpha value is -3.41. The monoisotopic (exact) mass is 331 g/mol. The van der Waals surface area contributed by atoms with Gasteiger partial charge < -0.3 is 10.3 Å². The zero-order valence-electron chi connectivity index (χ0n) is 13.7. The summed E-state index contributed by atoms with van der Waals surface area (Å²) in [6.07, 6.45) is 3.45. The molecule has 0 fully saturated rings. The third-order valence-electron chi connectivity index (χ3n) is 4.03. The Balaban J connectivity index is 1.75. The molecule has 1 aromatic carbocycles. The van der Waals surface area contributed by atoms with E-state index < -0.39 is 0 Å². The van der Waals surface area contributed by atoms with Crippen LogP contribution in [0.2, 0.25) is 0 Å². The number of H-pyrrole nitrogens is 1. The number of pyridine rings is 1. The zero-order valence-corrected chi connectivity index (χ0v) is 13.7. The lowest BCUT2D eigenvalue weighted by Crippen LogP contribution is -2.10. The average molecular weight is 331 g/mol. The molecule has 124 valence electrons. The largest absolute Gasteiger partial charge is 0.366 e. The first-order valence-electron chi connectivity index (χ1n) is 8.03. The second-order valence-electron chi connectivity index (χ2n) is 5.87. The van der Waals surface area contributed by atoms with Crippen molar-refractivity contribution < 1.29 is 0 Å². The van der Waals surface area contributed by atoms with E-state index in [1.54, 1.807) is 23.0 Å². The lowest BCUT2D eigenvalue weighted by atomic mass is 10.1. The number of aromatic nitrogens is 4. The fraction of sp³-hybridized carbons (Fsp3) is 0.105. The molecule has 0 aliphatic carbocycles. The third kappa shape index (κ3) is 3.01. The van der Waals surface area contributed by atoms with Gasteiger partial charge in [0.2, 0.25) is 5.56 Å². The van der Waals surface area contributed by atoms with E-state index in [9.17, 15) is 4.79 Å². The molecule has 3 heterocycles. The van der Waals surface area contributed by atoms with Crippen LogP contribution in [-0.2, 0) is 6.54 Å². The van der Waals surface area contributed by atoms with Crippen molar-refractivity contribution in [2.24, 2.45) is 0 Å². The van der Waals surface area contributed by atoms with Crippen LogP contribution in [0.3, 0.4) is 0 Å². The van der Waals surface area contributed by atoms with Crippen molar-refractivity contribution in [3.05, 3.63) is 82.4 Å². The Morgan fingerprint density at radius 2 is 2.00 bits per heavy atom. The fourth-order valence-electron chi connectivity index (χ4n) is 2.75. The number of rotatable bonds is 4. The van der Waals surface area contributed by atoms with Crippen LogP contribution in [0, 0.1) is 6.92 Å². The van der Waals surface area contributed by atoms with Crippen molar-refractivity contribution in [3.63, 3.8) is 0 Å². The number of anilines is 1. The summed E-state index contributed by atoms with van der Waals surface area (Å²) < 4.78 is 1.79. The molecule has 25 heavy (non-hydrogen) atoms. The van der Waals surface area contributed by atoms with E-state index in [2.05, 4.69) is 15.4 Å². The predicted octanol–water partition coefficient (Wildman–Crippen LogP) is 3.01. The molecule has 0 saturated carbocycles. The highest BCUT2D eigenvalue weighted by molar-refractivity contribution is 5.67. The van der Waals surface area contributed by atoms with Crippen molar-refractivity contribution in [3.8, 4) is 11.3 Å². The number of benzene rings is 1. The maximum atomic E-state index is 11.4. The fourth-order valence-corrected chi connectivity index (χ4v) is 2.75. The number of nitrogens with zero attached hydrogens (tertiary/aromatic N) is 3. The average Bonchev–Trinajstić information content (AvgIpc) is 3.02. The summed E-state index contributed by atoms with van der Waals surface area (Å²) in [7, 11) is 0. The van der Waals surface area contributed by atoms with Gasteiger partial charge >= 0.3 is 0 Å². The summed E-state index contributed by atoms with van der Waals surface area (Å²) >= 11 is 0. The molecule has 3 aromatic heterocycles. The van der Waals surface area contributed by atoms with Gasteiger partial charge in [-0.2, -0.15) is 9.61 Å². The van der Waals surface area contributed by atoms with Crippen molar-refractivity contribution in [2.45, 2.75) is 13.5 Å². The molecule has 0 saturated heterocycles.